The Bertz CT molecular complexity index is 605. The van der Waals surface area contributed by atoms with Crippen LogP contribution in [0, 0.1) is 18.5 Å². The SMILES string of the molecule is Cc1[nH]c(CSc2ccc(Br)cc2)nc(=S)c1C. The lowest BCUT2D eigenvalue weighted by atomic mass is 10.3. The summed E-state index contributed by atoms with van der Waals surface area (Å²) in [5, 5.41) is 0. The maximum Gasteiger partial charge on any atom is 0.132 e. The molecule has 0 atom stereocenters. The van der Waals surface area contributed by atoms with E-state index >= 15 is 0 Å². The minimum Gasteiger partial charge on any atom is -0.346 e. The number of rotatable bonds is 3. The van der Waals surface area contributed by atoms with E-state index in [2.05, 4.69) is 38.0 Å². The topological polar surface area (TPSA) is 28.7 Å². The van der Waals surface area contributed by atoms with E-state index in [-0.39, 0.29) is 0 Å². The quantitative estimate of drug-likeness (QED) is 0.641. The summed E-state index contributed by atoms with van der Waals surface area (Å²) in [7, 11) is 0. The van der Waals surface area contributed by atoms with Crippen molar-refractivity contribution in [2.75, 3.05) is 0 Å². The summed E-state index contributed by atoms with van der Waals surface area (Å²) in [6.45, 7) is 4.02. The number of hydrogen-bond acceptors (Lipinski definition) is 3. The van der Waals surface area contributed by atoms with Crippen molar-refractivity contribution in [2.45, 2.75) is 24.5 Å². The van der Waals surface area contributed by atoms with Gasteiger partial charge in [0, 0.05) is 20.6 Å². The Hall–Kier alpha value is -0.650. The second-order valence-corrected chi connectivity index (χ2v) is 6.33. The van der Waals surface area contributed by atoms with E-state index in [9.17, 15) is 0 Å². The molecule has 1 aromatic carbocycles. The molecule has 0 unspecified atom stereocenters. The maximum atomic E-state index is 5.23. The van der Waals surface area contributed by atoms with Crippen LogP contribution in [0.5, 0.6) is 0 Å². The Morgan fingerprint density at radius 3 is 2.56 bits per heavy atom. The van der Waals surface area contributed by atoms with Crippen LogP contribution in [0.1, 0.15) is 17.1 Å². The summed E-state index contributed by atoms with van der Waals surface area (Å²) in [4.78, 5) is 8.91. The third-order valence-electron chi connectivity index (χ3n) is 2.64. The minimum absolute atomic E-state index is 0.692. The molecule has 1 aromatic heterocycles. The molecule has 1 heterocycles. The first-order valence-corrected chi connectivity index (χ1v) is 7.69. The third kappa shape index (κ3) is 3.43. The number of nitrogens with zero attached hydrogens (tertiary/aromatic N) is 1. The molecule has 0 radical (unpaired) electrons. The summed E-state index contributed by atoms with van der Waals surface area (Å²) in [6, 6.07) is 8.26. The van der Waals surface area contributed by atoms with Crippen LogP contribution in [0.4, 0.5) is 0 Å². The van der Waals surface area contributed by atoms with Gasteiger partial charge >= 0.3 is 0 Å². The first-order valence-electron chi connectivity index (χ1n) is 5.51. The largest absolute Gasteiger partial charge is 0.346 e. The summed E-state index contributed by atoms with van der Waals surface area (Å²) in [5.41, 5.74) is 2.16. The van der Waals surface area contributed by atoms with Gasteiger partial charge in [-0.3, -0.25) is 0 Å². The van der Waals surface area contributed by atoms with E-state index < -0.39 is 0 Å². The van der Waals surface area contributed by atoms with Crippen LogP contribution in [0.3, 0.4) is 0 Å². The number of nitrogens with one attached hydrogen (secondary N) is 1. The number of thioether (sulfide) groups is 1. The zero-order valence-electron chi connectivity index (χ0n) is 10.2. The lowest BCUT2D eigenvalue weighted by Crippen LogP contribution is -1.98. The first kappa shape index (κ1) is 13.8. The molecule has 2 aromatic rings. The number of halogens is 1. The Morgan fingerprint density at radius 2 is 1.94 bits per heavy atom. The molecular weight excluding hydrogens is 328 g/mol. The minimum atomic E-state index is 0.692. The maximum absolute atomic E-state index is 5.23. The highest BCUT2D eigenvalue weighted by Crippen LogP contribution is 2.23. The Morgan fingerprint density at radius 1 is 1.28 bits per heavy atom. The van der Waals surface area contributed by atoms with Gasteiger partial charge in [0.15, 0.2) is 0 Å². The lowest BCUT2D eigenvalue weighted by molar-refractivity contribution is 0.962. The van der Waals surface area contributed by atoms with Crippen molar-refractivity contribution in [3.05, 3.63) is 50.5 Å². The summed E-state index contributed by atoms with van der Waals surface area (Å²) in [6.07, 6.45) is 0. The molecule has 0 aliphatic heterocycles. The summed E-state index contributed by atoms with van der Waals surface area (Å²) < 4.78 is 1.79. The van der Waals surface area contributed by atoms with E-state index in [0.717, 1.165) is 27.3 Å². The van der Waals surface area contributed by atoms with Crippen molar-refractivity contribution in [1.29, 1.82) is 0 Å². The molecule has 0 saturated heterocycles. The number of aromatic nitrogens is 2. The summed E-state index contributed by atoms with van der Waals surface area (Å²) >= 11 is 10.4. The second kappa shape index (κ2) is 5.99. The van der Waals surface area contributed by atoms with Crippen LogP contribution in [0.15, 0.2) is 33.6 Å². The summed E-state index contributed by atoms with van der Waals surface area (Å²) in [5.74, 6) is 1.72. The molecule has 2 rings (SSSR count). The molecule has 0 aliphatic carbocycles. The number of hydrogen-bond donors (Lipinski definition) is 1. The van der Waals surface area contributed by atoms with Crippen molar-refractivity contribution in [1.82, 2.24) is 9.97 Å². The smallest absolute Gasteiger partial charge is 0.132 e. The Labute approximate surface area is 124 Å². The van der Waals surface area contributed by atoms with E-state index in [4.69, 9.17) is 12.2 Å². The van der Waals surface area contributed by atoms with Gasteiger partial charge in [0.1, 0.15) is 10.5 Å². The van der Waals surface area contributed by atoms with Crippen LogP contribution in [-0.4, -0.2) is 9.97 Å². The number of aromatic amines is 1. The Balaban J connectivity index is 2.11. The highest BCUT2D eigenvalue weighted by atomic mass is 79.9. The molecule has 0 bridgehead atoms. The number of H-pyrrole nitrogens is 1. The van der Waals surface area contributed by atoms with Crippen molar-refractivity contribution in [3.63, 3.8) is 0 Å². The molecule has 0 saturated carbocycles. The molecule has 5 heteroatoms. The fourth-order valence-electron chi connectivity index (χ4n) is 1.46. The third-order valence-corrected chi connectivity index (χ3v) is 4.59. The zero-order valence-corrected chi connectivity index (χ0v) is 13.4. The molecule has 1 N–H and O–H groups in total. The van der Waals surface area contributed by atoms with Gasteiger partial charge in [-0.05, 0) is 38.1 Å². The fraction of sp³-hybridized carbons (Fsp3) is 0.231. The number of aryl methyl sites for hydroxylation is 1. The van der Waals surface area contributed by atoms with E-state index in [1.807, 2.05) is 26.0 Å². The molecular formula is C13H13BrN2S2. The highest BCUT2D eigenvalue weighted by molar-refractivity contribution is 9.10. The van der Waals surface area contributed by atoms with E-state index in [1.165, 1.54) is 4.90 Å². The predicted molar refractivity (Wildman–Crippen MR) is 82.6 cm³/mol. The molecule has 0 aliphatic rings. The van der Waals surface area contributed by atoms with Crippen molar-refractivity contribution >= 4 is 39.9 Å². The lowest BCUT2D eigenvalue weighted by Gasteiger charge is -2.06. The van der Waals surface area contributed by atoms with E-state index in [1.54, 1.807) is 11.8 Å². The van der Waals surface area contributed by atoms with Crippen molar-refractivity contribution in [3.8, 4) is 0 Å². The highest BCUT2D eigenvalue weighted by Gasteiger charge is 2.02. The van der Waals surface area contributed by atoms with Crippen molar-refractivity contribution < 1.29 is 0 Å². The molecule has 0 fully saturated rings. The van der Waals surface area contributed by atoms with Gasteiger partial charge < -0.3 is 4.98 Å². The van der Waals surface area contributed by atoms with Crippen LogP contribution < -0.4 is 0 Å². The zero-order chi connectivity index (χ0) is 13.1. The van der Waals surface area contributed by atoms with Crippen LogP contribution in [0.2, 0.25) is 0 Å². The first-order chi connectivity index (χ1) is 8.56. The second-order valence-electron chi connectivity index (χ2n) is 3.98. The molecule has 18 heavy (non-hydrogen) atoms. The normalized spacial score (nSPS) is 10.6. The molecule has 0 spiro atoms. The van der Waals surface area contributed by atoms with Crippen molar-refractivity contribution in [2.24, 2.45) is 0 Å². The average Bonchev–Trinajstić information content (AvgIpc) is 2.35. The van der Waals surface area contributed by atoms with Crippen LogP contribution in [0.25, 0.3) is 0 Å². The van der Waals surface area contributed by atoms with Gasteiger partial charge in [-0.15, -0.1) is 11.8 Å². The van der Waals surface area contributed by atoms with Gasteiger partial charge in [0.25, 0.3) is 0 Å². The average molecular weight is 341 g/mol. The molecule has 2 nitrogen and oxygen atoms in total. The van der Waals surface area contributed by atoms with Crippen LogP contribution in [-0.2, 0) is 5.75 Å². The Kier molecular flexibility index (Phi) is 4.59. The molecule has 0 amide bonds. The molecule has 94 valence electrons. The van der Waals surface area contributed by atoms with Gasteiger partial charge in [-0.2, -0.15) is 0 Å². The van der Waals surface area contributed by atoms with Gasteiger partial charge in [0.2, 0.25) is 0 Å². The van der Waals surface area contributed by atoms with Gasteiger partial charge in [-0.1, -0.05) is 28.1 Å². The number of benzene rings is 1. The van der Waals surface area contributed by atoms with Crippen LogP contribution >= 0.6 is 39.9 Å². The standard InChI is InChI=1S/C13H13BrN2S2/c1-8-9(2)15-12(16-13(8)17)7-18-11-5-3-10(14)4-6-11/h3-6H,7H2,1-2H3,(H,15,16,17). The predicted octanol–water partition coefficient (Wildman–Crippen LogP) is 4.81. The monoisotopic (exact) mass is 340 g/mol. The van der Waals surface area contributed by atoms with Gasteiger partial charge in [0.05, 0.1) is 5.75 Å². The van der Waals surface area contributed by atoms with E-state index in [0.29, 0.717) is 4.64 Å². The fourth-order valence-corrected chi connectivity index (χ4v) is 2.75. The van der Waals surface area contributed by atoms with Gasteiger partial charge in [-0.25, -0.2) is 4.98 Å².